The van der Waals surface area contributed by atoms with Crippen molar-refractivity contribution in [1.82, 2.24) is 10.2 Å². The Balaban J connectivity index is 2.05. The molecule has 0 bridgehead atoms. The molecule has 0 aromatic rings. The van der Waals surface area contributed by atoms with Gasteiger partial charge in [-0.05, 0) is 37.6 Å². The highest BCUT2D eigenvalue weighted by Gasteiger charge is 2.42. The Hall–Kier alpha value is -0.120. The maximum Gasteiger partial charge on any atom is 0.0700 e. The Bertz CT molecular complexity index is 293. The molecule has 1 saturated carbocycles. The van der Waals surface area contributed by atoms with Gasteiger partial charge in [-0.25, -0.2) is 0 Å². The first-order valence-corrected chi connectivity index (χ1v) is 8.67. The monoisotopic (exact) mass is 282 g/mol. The highest BCUT2D eigenvalue weighted by molar-refractivity contribution is 4.99. The second-order valence-electron chi connectivity index (χ2n) is 7.28. The molecular weight excluding hydrogens is 248 g/mol. The Morgan fingerprint density at radius 1 is 1.30 bits per heavy atom. The fraction of sp³-hybridized carbons (Fsp3) is 1.00. The van der Waals surface area contributed by atoms with E-state index in [1.165, 1.54) is 25.7 Å². The molecule has 1 aliphatic heterocycles. The molecular formula is C17H34N2O. The second kappa shape index (κ2) is 7.24. The molecule has 20 heavy (non-hydrogen) atoms. The van der Waals surface area contributed by atoms with E-state index in [-0.39, 0.29) is 0 Å². The first kappa shape index (κ1) is 16.3. The van der Waals surface area contributed by atoms with Gasteiger partial charge in [-0.2, -0.15) is 0 Å². The van der Waals surface area contributed by atoms with E-state index in [0.29, 0.717) is 23.6 Å². The summed E-state index contributed by atoms with van der Waals surface area (Å²) in [6.07, 6.45) is 6.88. The molecule has 3 nitrogen and oxygen atoms in total. The summed E-state index contributed by atoms with van der Waals surface area (Å²) in [5.74, 6) is 0. The van der Waals surface area contributed by atoms with Crippen LogP contribution >= 0.6 is 0 Å². The van der Waals surface area contributed by atoms with Gasteiger partial charge in [0.15, 0.2) is 0 Å². The Labute approximate surface area is 125 Å². The Kier molecular flexibility index (Phi) is 5.88. The van der Waals surface area contributed by atoms with Crippen LogP contribution in [0.2, 0.25) is 0 Å². The highest BCUT2D eigenvalue weighted by atomic mass is 16.5. The molecule has 1 saturated heterocycles. The van der Waals surface area contributed by atoms with E-state index >= 15 is 0 Å². The minimum atomic E-state index is 0.415. The summed E-state index contributed by atoms with van der Waals surface area (Å²) in [5.41, 5.74) is 0.415. The van der Waals surface area contributed by atoms with Crippen molar-refractivity contribution in [3.05, 3.63) is 0 Å². The number of hydrogen-bond donors (Lipinski definition) is 1. The smallest absolute Gasteiger partial charge is 0.0700 e. The first-order chi connectivity index (χ1) is 9.58. The number of morpholine rings is 1. The van der Waals surface area contributed by atoms with Crippen LogP contribution in [0.3, 0.4) is 0 Å². The van der Waals surface area contributed by atoms with Gasteiger partial charge in [0, 0.05) is 25.2 Å². The van der Waals surface area contributed by atoms with Gasteiger partial charge in [0.25, 0.3) is 0 Å². The van der Waals surface area contributed by atoms with Crippen LogP contribution < -0.4 is 5.32 Å². The van der Waals surface area contributed by atoms with Crippen LogP contribution in [0.5, 0.6) is 0 Å². The molecule has 2 aliphatic rings. The van der Waals surface area contributed by atoms with E-state index in [4.69, 9.17) is 4.74 Å². The van der Waals surface area contributed by atoms with Gasteiger partial charge >= 0.3 is 0 Å². The lowest BCUT2D eigenvalue weighted by atomic mass is 9.70. The third-order valence-electron chi connectivity index (χ3n) is 5.26. The molecule has 3 heteroatoms. The largest absolute Gasteiger partial charge is 0.376 e. The predicted molar refractivity (Wildman–Crippen MR) is 85.1 cm³/mol. The fourth-order valence-corrected chi connectivity index (χ4v) is 4.01. The van der Waals surface area contributed by atoms with Crippen LogP contribution in [-0.4, -0.2) is 49.3 Å². The lowest BCUT2D eigenvalue weighted by Gasteiger charge is -2.50. The summed E-state index contributed by atoms with van der Waals surface area (Å²) in [7, 11) is 0. The highest BCUT2D eigenvalue weighted by Crippen LogP contribution is 2.38. The van der Waals surface area contributed by atoms with Crippen LogP contribution in [0, 0.1) is 5.41 Å². The maximum atomic E-state index is 5.85. The van der Waals surface area contributed by atoms with E-state index in [0.717, 1.165) is 32.7 Å². The third-order valence-corrected chi connectivity index (χ3v) is 5.26. The van der Waals surface area contributed by atoms with Gasteiger partial charge < -0.3 is 10.1 Å². The van der Waals surface area contributed by atoms with Gasteiger partial charge in [-0.1, -0.05) is 34.1 Å². The minimum Gasteiger partial charge on any atom is -0.376 e. The van der Waals surface area contributed by atoms with Crippen molar-refractivity contribution in [2.24, 2.45) is 5.41 Å². The lowest BCUT2D eigenvalue weighted by molar-refractivity contribution is -0.0658. The number of hydrogen-bond acceptors (Lipinski definition) is 3. The second-order valence-corrected chi connectivity index (χ2v) is 7.28. The molecule has 0 aromatic heterocycles. The predicted octanol–water partition coefficient (Wildman–Crippen LogP) is 3.04. The fourth-order valence-electron chi connectivity index (χ4n) is 4.01. The molecule has 2 rings (SSSR count). The van der Waals surface area contributed by atoms with Crippen LogP contribution in [0.1, 0.15) is 59.8 Å². The van der Waals surface area contributed by atoms with Crippen LogP contribution in [0.15, 0.2) is 0 Å². The van der Waals surface area contributed by atoms with E-state index in [2.05, 4.69) is 37.9 Å². The standard InChI is InChI=1S/C17H34N2O/c1-5-10-18-16-15(8-7-9-17(16,3)4)19-11-12-20-14(6-2)13-19/h14-16,18H,5-13H2,1-4H3. The SMILES string of the molecule is CCCNC1C(N2CCOC(CC)C2)CCCC1(C)C. The molecule has 0 amide bonds. The van der Waals surface area contributed by atoms with Crippen molar-refractivity contribution in [2.75, 3.05) is 26.2 Å². The van der Waals surface area contributed by atoms with Crippen molar-refractivity contribution in [3.63, 3.8) is 0 Å². The molecule has 3 unspecified atom stereocenters. The summed E-state index contributed by atoms with van der Waals surface area (Å²) in [6.45, 7) is 13.7. The molecule has 1 heterocycles. The molecule has 0 aromatic carbocycles. The summed E-state index contributed by atoms with van der Waals surface area (Å²) in [5, 5.41) is 3.86. The molecule has 118 valence electrons. The van der Waals surface area contributed by atoms with Crippen LogP contribution in [-0.2, 0) is 4.74 Å². The van der Waals surface area contributed by atoms with E-state index in [9.17, 15) is 0 Å². The van der Waals surface area contributed by atoms with E-state index in [1.54, 1.807) is 0 Å². The van der Waals surface area contributed by atoms with Gasteiger partial charge in [0.2, 0.25) is 0 Å². The molecule has 1 aliphatic carbocycles. The van der Waals surface area contributed by atoms with Crippen molar-refractivity contribution < 1.29 is 4.74 Å². The summed E-state index contributed by atoms with van der Waals surface area (Å²) in [4.78, 5) is 2.71. The normalized spacial score (nSPS) is 35.1. The van der Waals surface area contributed by atoms with Crippen molar-refractivity contribution in [1.29, 1.82) is 0 Å². The van der Waals surface area contributed by atoms with Crippen LogP contribution in [0.25, 0.3) is 0 Å². The first-order valence-electron chi connectivity index (χ1n) is 8.67. The van der Waals surface area contributed by atoms with Gasteiger partial charge in [-0.15, -0.1) is 0 Å². The molecule has 0 radical (unpaired) electrons. The molecule has 1 N–H and O–H groups in total. The maximum absolute atomic E-state index is 5.85. The third kappa shape index (κ3) is 3.75. The average Bonchev–Trinajstić information content (AvgIpc) is 2.45. The lowest BCUT2D eigenvalue weighted by Crippen LogP contribution is -2.61. The number of nitrogens with one attached hydrogen (secondary N) is 1. The zero-order chi connectivity index (χ0) is 14.6. The van der Waals surface area contributed by atoms with E-state index in [1.807, 2.05) is 0 Å². The minimum absolute atomic E-state index is 0.415. The van der Waals surface area contributed by atoms with Crippen LogP contribution in [0.4, 0.5) is 0 Å². The quantitative estimate of drug-likeness (QED) is 0.839. The van der Waals surface area contributed by atoms with E-state index < -0.39 is 0 Å². The number of ether oxygens (including phenoxy) is 1. The van der Waals surface area contributed by atoms with Crippen molar-refractivity contribution in [3.8, 4) is 0 Å². The average molecular weight is 282 g/mol. The molecule has 2 fully saturated rings. The van der Waals surface area contributed by atoms with Gasteiger partial charge in [0.05, 0.1) is 12.7 Å². The Morgan fingerprint density at radius 2 is 2.10 bits per heavy atom. The topological polar surface area (TPSA) is 24.5 Å². The summed E-state index contributed by atoms with van der Waals surface area (Å²) in [6, 6.07) is 1.33. The molecule has 0 spiro atoms. The van der Waals surface area contributed by atoms with Crippen molar-refractivity contribution in [2.45, 2.75) is 78.0 Å². The zero-order valence-electron chi connectivity index (χ0n) is 14.0. The summed E-state index contributed by atoms with van der Waals surface area (Å²) >= 11 is 0. The number of rotatable bonds is 5. The molecule has 3 atom stereocenters. The Morgan fingerprint density at radius 3 is 2.80 bits per heavy atom. The zero-order valence-corrected chi connectivity index (χ0v) is 14.0. The van der Waals surface area contributed by atoms with Gasteiger partial charge in [-0.3, -0.25) is 4.90 Å². The summed E-state index contributed by atoms with van der Waals surface area (Å²) < 4.78 is 5.85. The van der Waals surface area contributed by atoms with Crippen molar-refractivity contribution >= 4 is 0 Å². The van der Waals surface area contributed by atoms with Gasteiger partial charge in [0.1, 0.15) is 0 Å². The number of nitrogens with zero attached hydrogens (tertiary/aromatic N) is 1.